The van der Waals surface area contributed by atoms with Crippen LogP contribution in [0.5, 0.6) is 0 Å². The molecule has 0 radical (unpaired) electrons. The zero-order valence-corrected chi connectivity index (χ0v) is 12.3. The molecule has 4 heteroatoms. The van der Waals surface area contributed by atoms with Gasteiger partial charge in [0.05, 0.1) is 0 Å². The molecule has 0 aromatic carbocycles. The van der Waals surface area contributed by atoms with Crippen molar-refractivity contribution in [1.82, 2.24) is 4.90 Å². The minimum absolute atomic E-state index is 0.156. The number of likely N-dealkylation sites (tertiary alicyclic amines) is 1. The first-order chi connectivity index (χ1) is 8.93. The highest BCUT2D eigenvalue weighted by Gasteiger charge is 2.45. The van der Waals surface area contributed by atoms with Crippen LogP contribution in [0, 0.1) is 17.8 Å². The van der Waals surface area contributed by atoms with Gasteiger partial charge < -0.3 is 15.7 Å². The zero-order valence-electron chi connectivity index (χ0n) is 12.3. The number of nitrogens with two attached hydrogens (primary N) is 1. The average molecular weight is 268 g/mol. The van der Waals surface area contributed by atoms with Crippen LogP contribution < -0.4 is 5.73 Å². The van der Waals surface area contributed by atoms with Crippen molar-refractivity contribution in [3.8, 4) is 0 Å². The molecule has 3 atom stereocenters. The van der Waals surface area contributed by atoms with E-state index >= 15 is 0 Å². The van der Waals surface area contributed by atoms with Gasteiger partial charge in [0.2, 0.25) is 0 Å². The van der Waals surface area contributed by atoms with E-state index in [0.29, 0.717) is 6.42 Å². The average Bonchev–Trinajstić information content (AvgIpc) is 2.94. The molecule has 2 fully saturated rings. The van der Waals surface area contributed by atoms with E-state index in [0.717, 1.165) is 37.6 Å². The number of aliphatic carboxylic acids is 1. The summed E-state index contributed by atoms with van der Waals surface area (Å²) in [7, 11) is 0. The monoisotopic (exact) mass is 268 g/mol. The fourth-order valence-electron chi connectivity index (χ4n) is 3.73. The summed E-state index contributed by atoms with van der Waals surface area (Å²) in [5.41, 5.74) is 5.13. The maximum absolute atomic E-state index is 11.3. The van der Waals surface area contributed by atoms with Crippen LogP contribution in [-0.2, 0) is 4.79 Å². The molecule has 0 aromatic heterocycles. The molecule has 2 rings (SSSR count). The Morgan fingerprint density at radius 2 is 2.21 bits per heavy atom. The fourth-order valence-corrected chi connectivity index (χ4v) is 3.73. The molecule has 2 aliphatic rings. The smallest absolute Gasteiger partial charge is 0.323 e. The molecule has 4 nitrogen and oxygen atoms in total. The Bertz CT molecular complexity index is 332. The van der Waals surface area contributed by atoms with Crippen LogP contribution in [0.1, 0.15) is 46.0 Å². The molecule has 110 valence electrons. The summed E-state index contributed by atoms with van der Waals surface area (Å²) < 4.78 is 0. The predicted octanol–water partition coefficient (Wildman–Crippen LogP) is 1.94. The first-order valence-corrected chi connectivity index (χ1v) is 7.68. The van der Waals surface area contributed by atoms with E-state index in [4.69, 9.17) is 5.73 Å². The van der Waals surface area contributed by atoms with Crippen molar-refractivity contribution in [1.29, 1.82) is 0 Å². The molecule has 1 heterocycles. The van der Waals surface area contributed by atoms with Crippen LogP contribution in [0.15, 0.2) is 0 Å². The summed E-state index contributed by atoms with van der Waals surface area (Å²) >= 11 is 0. The Hall–Kier alpha value is -0.610. The van der Waals surface area contributed by atoms with Gasteiger partial charge in [-0.1, -0.05) is 20.3 Å². The maximum atomic E-state index is 11.3. The van der Waals surface area contributed by atoms with Crippen molar-refractivity contribution in [2.45, 2.75) is 51.5 Å². The normalized spacial score (nSPS) is 36.2. The van der Waals surface area contributed by atoms with E-state index in [1.165, 1.54) is 19.5 Å². The lowest BCUT2D eigenvalue weighted by molar-refractivity contribution is -0.144. The lowest BCUT2D eigenvalue weighted by Gasteiger charge is -2.28. The lowest BCUT2D eigenvalue weighted by atomic mass is 9.85. The van der Waals surface area contributed by atoms with E-state index < -0.39 is 11.5 Å². The highest BCUT2D eigenvalue weighted by Crippen LogP contribution is 2.36. The quantitative estimate of drug-likeness (QED) is 0.799. The van der Waals surface area contributed by atoms with Gasteiger partial charge >= 0.3 is 5.97 Å². The Balaban J connectivity index is 1.81. The van der Waals surface area contributed by atoms with Crippen molar-refractivity contribution in [2.24, 2.45) is 23.5 Å². The van der Waals surface area contributed by atoms with Gasteiger partial charge in [0, 0.05) is 6.54 Å². The molecule has 0 aromatic rings. The number of carboxylic acid groups (broad SMARTS) is 1. The Morgan fingerprint density at radius 1 is 1.47 bits per heavy atom. The Kier molecular flexibility index (Phi) is 4.51. The van der Waals surface area contributed by atoms with Gasteiger partial charge in [0.25, 0.3) is 0 Å². The number of carboxylic acids is 1. The molecule has 3 unspecified atom stereocenters. The SMILES string of the molecule is CC(C)C1CCN(CCC2CCCC2(N)C(=O)O)C1. The van der Waals surface area contributed by atoms with Crippen LogP contribution in [0.3, 0.4) is 0 Å². The largest absolute Gasteiger partial charge is 0.480 e. The van der Waals surface area contributed by atoms with Gasteiger partial charge in [0.15, 0.2) is 0 Å². The van der Waals surface area contributed by atoms with Crippen LogP contribution in [0.25, 0.3) is 0 Å². The van der Waals surface area contributed by atoms with Gasteiger partial charge in [-0.3, -0.25) is 4.79 Å². The summed E-state index contributed by atoms with van der Waals surface area (Å²) in [6.45, 7) is 7.94. The zero-order chi connectivity index (χ0) is 14.0. The van der Waals surface area contributed by atoms with Gasteiger partial charge in [-0.2, -0.15) is 0 Å². The maximum Gasteiger partial charge on any atom is 0.323 e. The molecule has 0 bridgehead atoms. The minimum atomic E-state index is -0.961. The summed E-state index contributed by atoms with van der Waals surface area (Å²) in [4.78, 5) is 13.8. The molecule has 1 aliphatic heterocycles. The van der Waals surface area contributed by atoms with Crippen molar-refractivity contribution < 1.29 is 9.90 Å². The topological polar surface area (TPSA) is 66.6 Å². The molecular weight excluding hydrogens is 240 g/mol. The second-order valence-electron chi connectivity index (χ2n) is 6.82. The fraction of sp³-hybridized carbons (Fsp3) is 0.933. The van der Waals surface area contributed by atoms with Crippen LogP contribution in [0.2, 0.25) is 0 Å². The van der Waals surface area contributed by atoms with E-state index in [1.807, 2.05) is 0 Å². The number of hydrogen-bond donors (Lipinski definition) is 2. The molecule has 19 heavy (non-hydrogen) atoms. The minimum Gasteiger partial charge on any atom is -0.480 e. The van der Waals surface area contributed by atoms with Crippen LogP contribution in [0.4, 0.5) is 0 Å². The van der Waals surface area contributed by atoms with Gasteiger partial charge in [0.1, 0.15) is 5.54 Å². The lowest BCUT2D eigenvalue weighted by Crippen LogP contribution is -2.51. The van der Waals surface area contributed by atoms with E-state index in [9.17, 15) is 9.90 Å². The summed E-state index contributed by atoms with van der Waals surface area (Å²) in [6.07, 6.45) is 4.80. The molecule has 0 amide bonds. The third kappa shape index (κ3) is 3.11. The number of rotatable bonds is 5. The first kappa shape index (κ1) is 14.8. The predicted molar refractivity (Wildman–Crippen MR) is 75.9 cm³/mol. The Labute approximate surface area is 116 Å². The summed E-state index contributed by atoms with van der Waals surface area (Å²) in [5.74, 6) is 0.911. The van der Waals surface area contributed by atoms with E-state index in [1.54, 1.807) is 0 Å². The van der Waals surface area contributed by atoms with E-state index in [2.05, 4.69) is 18.7 Å². The standard InChI is InChI=1S/C15H28N2O2/c1-11(2)12-5-8-17(10-12)9-6-13-4-3-7-15(13,16)14(18)19/h11-13H,3-10,16H2,1-2H3,(H,18,19). The van der Waals surface area contributed by atoms with E-state index in [-0.39, 0.29) is 5.92 Å². The van der Waals surface area contributed by atoms with Crippen molar-refractivity contribution in [3.05, 3.63) is 0 Å². The van der Waals surface area contributed by atoms with Crippen molar-refractivity contribution in [3.63, 3.8) is 0 Å². The molecule has 0 spiro atoms. The third-order valence-corrected chi connectivity index (χ3v) is 5.32. The summed E-state index contributed by atoms with van der Waals surface area (Å²) in [5, 5.41) is 9.31. The van der Waals surface area contributed by atoms with Crippen LogP contribution in [-0.4, -0.2) is 41.1 Å². The molecule has 3 N–H and O–H groups in total. The Morgan fingerprint density at radius 3 is 2.79 bits per heavy atom. The van der Waals surface area contributed by atoms with Gasteiger partial charge in [-0.25, -0.2) is 0 Å². The number of carbonyl (C=O) groups is 1. The van der Waals surface area contributed by atoms with Crippen molar-refractivity contribution in [2.75, 3.05) is 19.6 Å². The molecular formula is C15H28N2O2. The molecule has 1 saturated carbocycles. The van der Waals surface area contributed by atoms with Gasteiger partial charge in [-0.05, 0) is 56.5 Å². The number of nitrogens with zero attached hydrogens (tertiary/aromatic N) is 1. The third-order valence-electron chi connectivity index (χ3n) is 5.32. The number of hydrogen-bond acceptors (Lipinski definition) is 3. The second-order valence-corrected chi connectivity index (χ2v) is 6.82. The van der Waals surface area contributed by atoms with Crippen molar-refractivity contribution >= 4 is 5.97 Å². The highest BCUT2D eigenvalue weighted by atomic mass is 16.4. The first-order valence-electron chi connectivity index (χ1n) is 7.68. The second kappa shape index (κ2) is 5.80. The van der Waals surface area contributed by atoms with Crippen LogP contribution >= 0.6 is 0 Å². The summed E-state index contributed by atoms with van der Waals surface area (Å²) in [6, 6.07) is 0. The molecule has 1 aliphatic carbocycles. The van der Waals surface area contributed by atoms with Gasteiger partial charge in [-0.15, -0.1) is 0 Å². The molecule has 1 saturated heterocycles. The highest BCUT2D eigenvalue weighted by molar-refractivity contribution is 5.79.